The second-order valence-corrected chi connectivity index (χ2v) is 6.90. The lowest BCUT2D eigenvalue weighted by Gasteiger charge is -2.08. The summed E-state index contributed by atoms with van der Waals surface area (Å²) in [7, 11) is -3.21. The highest BCUT2D eigenvalue weighted by atomic mass is 32.2. The lowest BCUT2D eigenvalue weighted by Crippen LogP contribution is -2.06. The van der Waals surface area contributed by atoms with Crippen LogP contribution in [0.2, 0.25) is 0 Å². The van der Waals surface area contributed by atoms with Crippen molar-refractivity contribution >= 4 is 9.84 Å². The number of nitrogens with zero attached hydrogens (tertiary/aromatic N) is 3. The van der Waals surface area contributed by atoms with Crippen molar-refractivity contribution in [3.8, 4) is 0 Å². The van der Waals surface area contributed by atoms with Gasteiger partial charge >= 0.3 is 0 Å². The largest absolute Gasteiger partial charge is 0.361 e. The molecule has 0 saturated heterocycles. The maximum Gasteiger partial charge on any atom is 0.178 e. The average Bonchev–Trinajstić information content (AvgIpc) is 2.97. The predicted molar refractivity (Wildman–Crippen MR) is 67.6 cm³/mol. The zero-order valence-corrected chi connectivity index (χ0v) is 11.5. The monoisotopic (exact) mass is 281 g/mol. The normalized spacial score (nSPS) is 15.4. The molecule has 0 radical (unpaired) electrons. The van der Waals surface area contributed by atoms with Crippen LogP contribution in [0.5, 0.6) is 0 Å². The van der Waals surface area contributed by atoms with Crippen molar-refractivity contribution in [2.45, 2.75) is 37.1 Å². The van der Waals surface area contributed by atoms with Crippen LogP contribution >= 0.6 is 0 Å². The Balaban J connectivity index is 1.86. The van der Waals surface area contributed by atoms with Crippen LogP contribution in [0.1, 0.15) is 29.9 Å². The van der Waals surface area contributed by atoms with E-state index in [0.717, 1.165) is 37.1 Å². The Hall–Kier alpha value is -1.63. The zero-order valence-electron chi connectivity index (χ0n) is 10.7. The molecule has 19 heavy (non-hydrogen) atoms. The molecule has 2 aromatic heterocycles. The van der Waals surface area contributed by atoms with Gasteiger partial charge in [-0.25, -0.2) is 8.42 Å². The first-order chi connectivity index (χ1) is 9.04. The Morgan fingerprint density at radius 1 is 1.37 bits per heavy atom. The van der Waals surface area contributed by atoms with Crippen molar-refractivity contribution in [2.75, 3.05) is 6.26 Å². The molecular weight excluding hydrogens is 266 g/mol. The molecule has 0 aliphatic heterocycles. The summed E-state index contributed by atoms with van der Waals surface area (Å²) in [5.74, 6) is 0.969. The fourth-order valence-corrected chi connectivity index (χ4v) is 2.90. The number of fused-ring (bicyclic) bond motifs is 1. The Kier molecular flexibility index (Phi) is 2.93. The van der Waals surface area contributed by atoms with E-state index in [0.29, 0.717) is 6.54 Å². The molecular formula is C12H15N3O3S. The highest BCUT2D eigenvalue weighted by Gasteiger charge is 2.20. The summed E-state index contributed by atoms with van der Waals surface area (Å²) in [5, 5.41) is 8.14. The Morgan fingerprint density at radius 3 is 2.89 bits per heavy atom. The smallest absolute Gasteiger partial charge is 0.178 e. The van der Waals surface area contributed by atoms with E-state index < -0.39 is 9.84 Å². The molecule has 7 heteroatoms. The van der Waals surface area contributed by atoms with E-state index in [2.05, 4.69) is 10.3 Å². The van der Waals surface area contributed by atoms with Crippen LogP contribution < -0.4 is 0 Å². The standard InChI is InChI=1S/C12H15N3O3S/c1-19(16,17)9-6-13-15(7-9)8-11-10-4-2-3-5-12(10)18-14-11/h6-7H,2-5,8H2,1H3. The molecule has 0 amide bonds. The van der Waals surface area contributed by atoms with E-state index in [-0.39, 0.29) is 4.90 Å². The van der Waals surface area contributed by atoms with Crippen molar-refractivity contribution in [1.29, 1.82) is 0 Å². The predicted octanol–water partition coefficient (Wildman–Crippen LogP) is 1.20. The molecule has 1 aliphatic carbocycles. The van der Waals surface area contributed by atoms with Crippen LogP contribution in [0.3, 0.4) is 0 Å². The molecule has 3 rings (SSSR count). The Morgan fingerprint density at radius 2 is 2.16 bits per heavy atom. The van der Waals surface area contributed by atoms with Gasteiger partial charge in [-0.3, -0.25) is 4.68 Å². The SMILES string of the molecule is CS(=O)(=O)c1cnn(Cc2noc3c2CCCC3)c1. The van der Waals surface area contributed by atoms with Gasteiger partial charge in [0.2, 0.25) is 0 Å². The molecule has 6 nitrogen and oxygen atoms in total. The molecule has 0 N–H and O–H groups in total. The molecule has 102 valence electrons. The molecule has 1 aliphatic rings. The fourth-order valence-electron chi connectivity index (χ4n) is 2.35. The van der Waals surface area contributed by atoms with E-state index in [9.17, 15) is 8.42 Å². The minimum Gasteiger partial charge on any atom is -0.361 e. The van der Waals surface area contributed by atoms with E-state index in [1.54, 1.807) is 4.68 Å². The quantitative estimate of drug-likeness (QED) is 0.844. The van der Waals surface area contributed by atoms with Crippen LogP contribution in [-0.2, 0) is 29.2 Å². The van der Waals surface area contributed by atoms with Gasteiger partial charge in [0.1, 0.15) is 16.3 Å². The van der Waals surface area contributed by atoms with Crippen LogP contribution in [0.4, 0.5) is 0 Å². The highest BCUT2D eigenvalue weighted by molar-refractivity contribution is 7.90. The summed E-state index contributed by atoms with van der Waals surface area (Å²) in [6.45, 7) is 0.453. The second kappa shape index (κ2) is 4.48. The number of hydrogen-bond donors (Lipinski definition) is 0. The highest BCUT2D eigenvalue weighted by Crippen LogP contribution is 2.24. The van der Waals surface area contributed by atoms with Crippen molar-refractivity contribution < 1.29 is 12.9 Å². The average molecular weight is 281 g/mol. The number of aryl methyl sites for hydroxylation is 1. The molecule has 0 atom stereocenters. The summed E-state index contributed by atoms with van der Waals surface area (Å²) in [5.41, 5.74) is 2.03. The van der Waals surface area contributed by atoms with E-state index >= 15 is 0 Å². The van der Waals surface area contributed by atoms with Gasteiger partial charge in [-0.05, 0) is 19.3 Å². The van der Waals surface area contributed by atoms with E-state index in [1.165, 1.54) is 24.2 Å². The fraction of sp³-hybridized carbons (Fsp3) is 0.500. The molecule has 0 fully saturated rings. The second-order valence-electron chi connectivity index (χ2n) is 4.88. The molecule has 0 saturated carbocycles. The van der Waals surface area contributed by atoms with Crippen molar-refractivity contribution in [1.82, 2.24) is 14.9 Å². The third-order valence-corrected chi connectivity index (χ3v) is 4.45. The zero-order chi connectivity index (χ0) is 13.5. The van der Waals surface area contributed by atoms with Gasteiger partial charge in [0.25, 0.3) is 0 Å². The number of hydrogen-bond acceptors (Lipinski definition) is 5. The molecule has 0 spiro atoms. The molecule has 2 aromatic rings. The van der Waals surface area contributed by atoms with Gasteiger partial charge in [-0.1, -0.05) is 5.16 Å². The Bertz CT molecular complexity index is 700. The lowest BCUT2D eigenvalue weighted by molar-refractivity contribution is 0.366. The van der Waals surface area contributed by atoms with E-state index in [4.69, 9.17) is 4.52 Å². The van der Waals surface area contributed by atoms with Gasteiger partial charge < -0.3 is 4.52 Å². The molecule has 0 unspecified atom stereocenters. The first-order valence-corrected chi connectivity index (χ1v) is 8.12. The van der Waals surface area contributed by atoms with Crippen molar-refractivity contribution in [3.05, 3.63) is 29.4 Å². The first kappa shape index (κ1) is 12.4. The van der Waals surface area contributed by atoms with Gasteiger partial charge in [0.05, 0.1) is 12.7 Å². The summed E-state index contributed by atoms with van der Waals surface area (Å²) in [6.07, 6.45) is 8.27. The van der Waals surface area contributed by atoms with Gasteiger partial charge in [-0.15, -0.1) is 0 Å². The van der Waals surface area contributed by atoms with Gasteiger partial charge in [-0.2, -0.15) is 5.10 Å². The number of rotatable bonds is 3. The maximum absolute atomic E-state index is 11.4. The topological polar surface area (TPSA) is 78.0 Å². The minimum absolute atomic E-state index is 0.227. The molecule has 0 bridgehead atoms. The summed E-state index contributed by atoms with van der Waals surface area (Å²) >= 11 is 0. The molecule has 2 heterocycles. The van der Waals surface area contributed by atoms with Crippen molar-refractivity contribution in [2.24, 2.45) is 0 Å². The first-order valence-electron chi connectivity index (χ1n) is 6.23. The summed E-state index contributed by atoms with van der Waals surface area (Å²) < 4.78 is 29.7. The van der Waals surface area contributed by atoms with Crippen LogP contribution in [0.25, 0.3) is 0 Å². The van der Waals surface area contributed by atoms with Crippen molar-refractivity contribution in [3.63, 3.8) is 0 Å². The lowest BCUT2D eigenvalue weighted by atomic mass is 9.96. The Labute approximate surface area is 111 Å². The number of sulfone groups is 1. The van der Waals surface area contributed by atoms with E-state index in [1.807, 2.05) is 0 Å². The minimum atomic E-state index is -3.21. The van der Waals surface area contributed by atoms with Crippen LogP contribution in [0, 0.1) is 0 Å². The number of aromatic nitrogens is 3. The van der Waals surface area contributed by atoms with Gasteiger partial charge in [0, 0.05) is 24.4 Å². The third-order valence-electron chi connectivity index (χ3n) is 3.38. The third kappa shape index (κ3) is 2.42. The van der Waals surface area contributed by atoms with Crippen LogP contribution in [-0.4, -0.2) is 29.6 Å². The maximum atomic E-state index is 11.4. The summed E-state index contributed by atoms with van der Waals surface area (Å²) in [6, 6.07) is 0. The van der Waals surface area contributed by atoms with Gasteiger partial charge in [0.15, 0.2) is 9.84 Å². The summed E-state index contributed by atoms with van der Waals surface area (Å²) in [4.78, 5) is 0.227. The molecule has 0 aromatic carbocycles. The van der Waals surface area contributed by atoms with Crippen LogP contribution in [0.15, 0.2) is 21.8 Å².